The van der Waals surface area contributed by atoms with E-state index in [1.807, 2.05) is 30.3 Å². The third-order valence-corrected chi connectivity index (χ3v) is 1.98. The smallest absolute Gasteiger partial charge is 0.384 e. The molecule has 1 heterocycles. The van der Waals surface area contributed by atoms with Crippen molar-refractivity contribution in [3.8, 4) is 0 Å². The topological polar surface area (TPSA) is 30.8 Å². The Morgan fingerprint density at radius 1 is 1.38 bits per heavy atom. The molecule has 2 rings (SSSR count). The van der Waals surface area contributed by atoms with Crippen molar-refractivity contribution in [3.05, 3.63) is 35.9 Å². The van der Waals surface area contributed by atoms with E-state index < -0.39 is 0 Å². The summed E-state index contributed by atoms with van der Waals surface area (Å²) in [5.74, 6) is 0. The van der Waals surface area contributed by atoms with E-state index >= 15 is 0 Å². The molecule has 1 aliphatic heterocycles. The van der Waals surface area contributed by atoms with Crippen LogP contribution >= 0.6 is 0 Å². The van der Waals surface area contributed by atoms with Crippen LogP contribution in [0.1, 0.15) is 11.7 Å². The highest BCUT2D eigenvalue weighted by Gasteiger charge is 2.21. The van der Waals surface area contributed by atoms with E-state index in [4.69, 9.17) is 9.47 Å². The van der Waals surface area contributed by atoms with Crippen molar-refractivity contribution in [2.24, 2.45) is 4.99 Å². The van der Waals surface area contributed by atoms with E-state index in [0.29, 0.717) is 12.6 Å². The molecule has 0 saturated carbocycles. The number of hydrogen-bond donors (Lipinski definition) is 0. The molecule has 0 amide bonds. The van der Waals surface area contributed by atoms with Gasteiger partial charge in [-0.05, 0) is 5.56 Å². The first-order valence-electron chi connectivity index (χ1n) is 4.20. The zero-order chi connectivity index (χ0) is 9.10. The SMILES string of the molecule is COC1=NCC(c2ccccc2)O1. The van der Waals surface area contributed by atoms with Crippen LogP contribution in [0, 0.1) is 0 Å². The van der Waals surface area contributed by atoms with Crippen LogP contribution in [0.3, 0.4) is 0 Å². The van der Waals surface area contributed by atoms with Crippen LogP contribution < -0.4 is 0 Å². The minimum atomic E-state index is 0.0242. The molecule has 1 aromatic carbocycles. The monoisotopic (exact) mass is 177 g/mol. The van der Waals surface area contributed by atoms with Crippen LogP contribution in [-0.4, -0.2) is 19.7 Å². The number of aliphatic imine (C=N–C) groups is 1. The molecule has 0 saturated heterocycles. The summed E-state index contributed by atoms with van der Waals surface area (Å²) < 4.78 is 10.3. The zero-order valence-electron chi connectivity index (χ0n) is 7.43. The van der Waals surface area contributed by atoms with Crippen LogP contribution in [0.15, 0.2) is 35.3 Å². The Hall–Kier alpha value is -1.51. The van der Waals surface area contributed by atoms with Gasteiger partial charge in [0, 0.05) is 0 Å². The standard InChI is InChI=1S/C10H11NO2/c1-12-10-11-7-9(13-10)8-5-3-2-4-6-8/h2-6,9H,7H2,1H3. The molecule has 0 fully saturated rings. The molecule has 13 heavy (non-hydrogen) atoms. The maximum absolute atomic E-state index is 5.42. The van der Waals surface area contributed by atoms with Crippen molar-refractivity contribution in [1.82, 2.24) is 0 Å². The largest absolute Gasteiger partial charge is 0.454 e. The molecule has 0 aromatic heterocycles. The third-order valence-electron chi connectivity index (χ3n) is 1.98. The minimum absolute atomic E-state index is 0.0242. The summed E-state index contributed by atoms with van der Waals surface area (Å²) in [5.41, 5.74) is 1.14. The molecule has 0 N–H and O–H groups in total. The molecule has 1 aliphatic rings. The normalized spacial score (nSPS) is 20.7. The Labute approximate surface area is 77.0 Å². The number of nitrogens with zero attached hydrogens (tertiary/aromatic N) is 1. The Morgan fingerprint density at radius 2 is 2.15 bits per heavy atom. The number of benzene rings is 1. The fourth-order valence-corrected chi connectivity index (χ4v) is 1.31. The summed E-state index contributed by atoms with van der Waals surface area (Å²) in [7, 11) is 1.56. The van der Waals surface area contributed by atoms with Crippen LogP contribution in [0.4, 0.5) is 0 Å². The van der Waals surface area contributed by atoms with Crippen molar-refractivity contribution in [3.63, 3.8) is 0 Å². The number of hydrogen-bond acceptors (Lipinski definition) is 3. The molecule has 68 valence electrons. The average molecular weight is 177 g/mol. The van der Waals surface area contributed by atoms with Gasteiger partial charge >= 0.3 is 6.08 Å². The lowest BCUT2D eigenvalue weighted by atomic mass is 10.1. The first kappa shape index (κ1) is 8.10. The van der Waals surface area contributed by atoms with Gasteiger partial charge in [0.15, 0.2) is 0 Å². The summed E-state index contributed by atoms with van der Waals surface area (Å²) in [6.45, 7) is 0.646. The number of rotatable bonds is 1. The Balaban J connectivity index is 2.07. The van der Waals surface area contributed by atoms with E-state index in [1.54, 1.807) is 7.11 Å². The van der Waals surface area contributed by atoms with Gasteiger partial charge in [0.25, 0.3) is 0 Å². The molecule has 0 spiro atoms. The van der Waals surface area contributed by atoms with Crippen molar-refractivity contribution in [2.45, 2.75) is 6.10 Å². The first-order valence-corrected chi connectivity index (χ1v) is 4.20. The first-order chi connectivity index (χ1) is 6.40. The molecule has 3 nitrogen and oxygen atoms in total. The second-order valence-electron chi connectivity index (χ2n) is 2.83. The van der Waals surface area contributed by atoms with Crippen molar-refractivity contribution >= 4 is 6.08 Å². The van der Waals surface area contributed by atoms with Gasteiger partial charge in [0.2, 0.25) is 0 Å². The highest BCUT2D eigenvalue weighted by Crippen LogP contribution is 2.22. The second-order valence-corrected chi connectivity index (χ2v) is 2.83. The summed E-state index contributed by atoms with van der Waals surface area (Å²) in [6, 6.07) is 10.0. The molecule has 0 bridgehead atoms. The fourth-order valence-electron chi connectivity index (χ4n) is 1.31. The molecule has 1 unspecified atom stereocenters. The molecule has 1 aromatic rings. The van der Waals surface area contributed by atoms with Crippen LogP contribution in [0.5, 0.6) is 0 Å². The summed E-state index contributed by atoms with van der Waals surface area (Å²) >= 11 is 0. The molecule has 3 heteroatoms. The van der Waals surface area contributed by atoms with Crippen LogP contribution in [-0.2, 0) is 9.47 Å². The molecule has 0 aliphatic carbocycles. The Morgan fingerprint density at radius 3 is 2.77 bits per heavy atom. The Bertz CT molecular complexity index is 308. The zero-order valence-corrected chi connectivity index (χ0v) is 7.43. The summed E-state index contributed by atoms with van der Waals surface area (Å²) in [4.78, 5) is 4.08. The van der Waals surface area contributed by atoms with Gasteiger partial charge in [-0.2, -0.15) is 0 Å². The maximum atomic E-state index is 5.42. The molecule has 0 radical (unpaired) electrons. The van der Waals surface area contributed by atoms with E-state index in [2.05, 4.69) is 4.99 Å². The van der Waals surface area contributed by atoms with Crippen LogP contribution in [0.2, 0.25) is 0 Å². The van der Waals surface area contributed by atoms with Crippen molar-refractivity contribution in [1.29, 1.82) is 0 Å². The van der Waals surface area contributed by atoms with Gasteiger partial charge in [-0.25, -0.2) is 4.99 Å². The van der Waals surface area contributed by atoms with E-state index in [0.717, 1.165) is 5.56 Å². The lowest BCUT2D eigenvalue weighted by molar-refractivity contribution is 0.161. The van der Waals surface area contributed by atoms with Gasteiger partial charge in [0.1, 0.15) is 6.10 Å². The fraction of sp³-hybridized carbons (Fsp3) is 0.300. The van der Waals surface area contributed by atoms with Gasteiger partial charge in [0.05, 0.1) is 13.7 Å². The molecular formula is C10H11NO2. The maximum Gasteiger partial charge on any atom is 0.384 e. The molecular weight excluding hydrogens is 166 g/mol. The number of ether oxygens (including phenoxy) is 2. The van der Waals surface area contributed by atoms with E-state index in [1.165, 1.54) is 0 Å². The van der Waals surface area contributed by atoms with Gasteiger partial charge in [-0.1, -0.05) is 30.3 Å². The number of methoxy groups -OCH3 is 1. The van der Waals surface area contributed by atoms with E-state index in [9.17, 15) is 0 Å². The minimum Gasteiger partial charge on any atom is -0.454 e. The van der Waals surface area contributed by atoms with E-state index in [-0.39, 0.29) is 6.10 Å². The highest BCUT2D eigenvalue weighted by atomic mass is 16.7. The second kappa shape index (κ2) is 3.47. The quantitative estimate of drug-likeness (QED) is 0.654. The van der Waals surface area contributed by atoms with Gasteiger partial charge in [-0.15, -0.1) is 0 Å². The Kier molecular flexibility index (Phi) is 2.17. The third kappa shape index (κ3) is 1.64. The lowest BCUT2D eigenvalue weighted by Crippen LogP contribution is -2.05. The van der Waals surface area contributed by atoms with Crippen molar-refractivity contribution in [2.75, 3.05) is 13.7 Å². The molecule has 1 atom stereocenters. The van der Waals surface area contributed by atoms with Gasteiger partial charge in [-0.3, -0.25) is 0 Å². The highest BCUT2D eigenvalue weighted by molar-refractivity contribution is 5.68. The summed E-state index contributed by atoms with van der Waals surface area (Å²) in [6.07, 6.45) is 0.407. The van der Waals surface area contributed by atoms with Crippen LogP contribution in [0.25, 0.3) is 0 Å². The average Bonchev–Trinajstić information content (AvgIpc) is 2.67. The lowest BCUT2D eigenvalue weighted by Gasteiger charge is -2.09. The predicted octanol–water partition coefficient (Wildman–Crippen LogP) is 1.76. The van der Waals surface area contributed by atoms with Gasteiger partial charge < -0.3 is 9.47 Å². The summed E-state index contributed by atoms with van der Waals surface area (Å²) in [5, 5.41) is 0. The van der Waals surface area contributed by atoms with Crippen molar-refractivity contribution < 1.29 is 9.47 Å². The predicted molar refractivity (Wildman–Crippen MR) is 49.6 cm³/mol.